The maximum atomic E-state index is 12.9. The van der Waals surface area contributed by atoms with Crippen LogP contribution in [0.2, 0.25) is 0 Å². The number of rotatable bonds is 4. The molecule has 152 valence electrons. The van der Waals surface area contributed by atoms with Gasteiger partial charge in [0.25, 0.3) is 0 Å². The zero-order chi connectivity index (χ0) is 20.1. The molecular weight excluding hydrogens is 367 g/mol. The van der Waals surface area contributed by atoms with Crippen LogP contribution in [0.5, 0.6) is 0 Å². The third-order valence-corrected chi connectivity index (χ3v) is 8.45. The Morgan fingerprint density at radius 1 is 1.32 bits per heavy atom. The summed E-state index contributed by atoms with van der Waals surface area (Å²) in [4.78, 5) is 12.9. The maximum Gasteiger partial charge on any atom is 0.331 e. The predicted octanol–water partition coefficient (Wildman–Crippen LogP) is 5.45. The molecule has 8 unspecified atom stereocenters. The smallest absolute Gasteiger partial charge is 0.331 e. The Labute approximate surface area is 171 Å². The summed E-state index contributed by atoms with van der Waals surface area (Å²) in [7, 11) is 2.93. The summed E-state index contributed by atoms with van der Waals surface area (Å²) < 4.78 is 12.9. The van der Waals surface area contributed by atoms with Crippen molar-refractivity contribution in [3.05, 3.63) is 42.0 Å². The molecule has 0 spiro atoms. The highest BCUT2D eigenvalue weighted by Gasteiger charge is 2.68. The number of hydrogen-bond donors (Lipinski definition) is 0. The summed E-state index contributed by atoms with van der Waals surface area (Å²) in [6, 6.07) is 9.99. The lowest BCUT2D eigenvalue weighted by atomic mass is 9.72. The Morgan fingerprint density at radius 2 is 2.04 bits per heavy atom. The lowest BCUT2D eigenvalue weighted by Crippen LogP contribution is -2.57. The van der Waals surface area contributed by atoms with Gasteiger partial charge in [-0.15, -0.1) is 0 Å². The van der Waals surface area contributed by atoms with E-state index in [-0.39, 0.29) is 17.7 Å². The van der Waals surface area contributed by atoms with Crippen LogP contribution in [0.3, 0.4) is 0 Å². The molecule has 0 aromatic heterocycles. The number of benzene rings is 1. The first-order valence-electron chi connectivity index (χ1n) is 10.7. The van der Waals surface area contributed by atoms with Crippen molar-refractivity contribution in [2.45, 2.75) is 70.4 Å². The minimum atomic E-state index is -0.461. The highest BCUT2D eigenvalue weighted by molar-refractivity contribution is 7.18. The molecule has 0 radical (unpaired) electrons. The van der Waals surface area contributed by atoms with E-state index in [0.717, 1.165) is 24.0 Å². The van der Waals surface area contributed by atoms with Gasteiger partial charge in [0.15, 0.2) is 0 Å². The highest BCUT2D eigenvalue weighted by Crippen LogP contribution is 2.64. The fourth-order valence-corrected chi connectivity index (χ4v) is 7.08. The summed E-state index contributed by atoms with van der Waals surface area (Å²) in [6.07, 6.45) is 5.90. The van der Waals surface area contributed by atoms with Gasteiger partial charge in [-0.1, -0.05) is 59.8 Å². The first kappa shape index (κ1) is 20.1. The molecule has 3 nitrogen and oxygen atoms in total. The van der Waals surface area contributed by atoms with Gasteiger partial charge in [-0.05, 0) is 62.0 Å². The van der Waals surface area contributed by atoms with Crippen molar-refractivity contribution in [3.8, 4) is 0 Å². The molecule has 3 fully saturated rings. The molecule has 2 heterocycles. The molecule has 2 aliphatic heterocycles. The molecule has 1 saturated carbocycles. The SMILES string of the molecule is CCC1CCC2C1C(OC(=O)/C=C(\C)c1ccccc1)C1(P)CC(C)C2(C)O1. The lowest BCUT2D eigenvalue weighted by Gasteiger charge is -2.50. The highest BCUT2D eigenvalue weighted by atomic mass is 31.0. The summed E-state index contributed by atoms with van der Waals surface area (Å²) in [5, 5.41) is -0.461. The quantitative estimate of drug-likeness (QED) is 0.383. The molecule has 1 aromatic rings. The zero-order valence-corrected chi connectivity index (χ0v) is 18.6. The van der Waals surface area contributed by atoms with Crippen molar-refractivity contribution >= 4 is 20.8 Å². The third kappa shape index (κ3) is 3.15. The van der Waals surface area contributed by atoms with E-state index in [1.807, 2.05) is 37.3 Å². The Morgan fingerprint density at radius 3 is 2.71 bits per heavy atom. The molecule has 0 N–H and O–H groups in total. The largest absolute Gasteiger partial charge is 0.455 e. The topological polar surface area (TPSA) is 35.5 Å². The number of allylic oxidation sites excluding steroid dienone is 1. The first-order chi connectivity index (χ1) is 13.3. The molecule has 8 atom stereocenters. The van der Waals surface area contributed by atoms with Gasteiger partial charge >= 0.3 is 5.97 Å². The van der Waals surface area contributed by atoms with Crippen molar-refractivity contribution in [2.75, 3.05) is 0 Å². The van der Waals surface area contributed by atoms with Gasteiger partial charge in [0, 0.05) is 12.0 Å². The Balaban J connectivity index is 1.61. The number of carbonyl (C=O) groups excluding carboxylic acids is 1. The second-order valence-electron chi connectivity index (χ2n) is 9.33. The average molecular weight is 400 g/mol. The second-order valence-corrected chi connectivity index (χ2v) is 10.3. The minimum Gasteiger partial charge on any atom is -0.455 e. The van der Waals surface area contributed by atoms with Crippen LogP contribution < -0.4 is 0 Å². The molecule has 2 saturated heterocycles. The number of esters is 1. The third-order valence-electron chi connectivity index (χ3n) is 7.77. The molecule has 4 heteroatoms. The standard InChI is InChI=1S/C24H33O3P/c1-5-17-11-12-19-21(17)22(24(28)14-16(3)23(19,4)27-24)26-20(25)13-15(2)18-9-7-6-8-10-18/h6-10,13,16-17,19,21-22H,5,11-12,14,28H2,1-4H3/b15-13+. The van der Waals surface area contributed by atoms with E-state index in [1.54, 1.807) is 6.08 Å². The van der Waals surface area contributed by atoms with Crippen molar-refractivity contribution in [3.63, 3.8) is 0 Å². The van der Waals surface area contributed by atoms with Gasteiger partial charge in [-0.25, -0.2) is 4.79 Å². The molecular formula is C24H33O3P. The molecule has 4 rings (SSSR count). The van der Waals surface area contributed by atoms with E-state index in [4.69, 9.17) is 9.47 Å². The normalized spacial score (nSPS) is 42.3. The van der Waals surface area contributed by atoms with E-state index >= 15 is 0 Å². The van der Waals surface area contributed by atoms with Crippen LogP contribution in [0.15, 0.2) is 36.4 Å². The van der Waals surface area contributed by atoms with Crippen LogP contribution in [0, 0.1) is 23.7 Å². The zero-order valence-electron chi connectivity index (χ0n) is 17.5. The number of hydrogen-bond acceptors (Lipinski definition) is 3. The van der Waals surface area contributed by atoms with Crippen LogP contribution in [0.4, 0.5) is 0 Å². The van der Waals surface area contributed by atoms with Crippen LogP contribution in [0.25, 0.3) is 5.57 Å². The van der Waals surface area contributed by atoms with Gasteiger partial charge in [-0.3, -0.25) is 0 Å². The van der Waals surface area contributed by atoms with Crippen LogP contribution in [0.1, 0.15) is 58.9 Å². The van der Waals surface area contributed by atoms with Crippen LogP contribution in [-0.2, 0) is 14.3 Å². The maximum absolute atomic E-state index is 12.9. The van der Waals surface area contributed by atoms with Crippen LogP contribution in [-0.4, -0.2) is 23.0 Å². The summed E-state index contributed by atoms with van der Waals surface area (Å²) in [6.45, 7) is 8.82. The number of fused-ring (bicyclic) bond motifs is 4. The first-order valence-corrected chi connectivity index (χ1v) is 11.3. The molecule has 2 bridgehead atoms. The van der Waals surface area contributed by atoms with E-state index < -0.39 is 5.34 Å². The Bertz CT molecular complexity index is 775. The van der Waals surface area contributed by atoms with Gasteiger partial charge in [0.05, 0.1) is 5.60 Å². The molecule has 1 aromatic carbocycles. The second kappa shape index (κ2) is 7.26. The van der Waals surface area contributed by atoms with Gasteiger partial charge in [0.1, 0.15) is 11.4 Å². The van der Waals surface area contributed by atoms with E-state index in [9.17, 15) is 4.79 Å². The fraction of sp³-hybridized carbons (Fsp3) is 0.625. The van der Waals surface area contributed by atoms with Gasteiger partial charge in [0.2, 0.25) is 0 Å². The minimum absolute atomic E-state index is 0.102. The lowest BCUT2D eigenvalue weighted by molar-refractivity contribution is -0.218. The Hall–Kier alpha value is -1.18. The molecule has 1 aliphatic carbocycles. The van der Waals surface area contributed by atoms with Crippen LogP contribution >= 0.6 is 9.24 Å². The monoisotopic (exact) mass is 400 g/mol. The molecule has 3 aliphatic rings. The summed E-state index contributed by atoms with van der Waals surface area (Å²) in [5.74, 6) is 1.69. The number of carbonyl (C=O) groups is 1. The fourth-order valence-electron chi connectivity index (χ4n) is 6.18. The number of ether oxygens (including phenoxy) is 2. The van der Waals surface area contributed by atoms with E-state index in [1.165, 1.54) is 12.8 Å². The summed E-state index contributed by atoms with van der Waals surface area (Å²) in [5.41, 5.74) is 1.88. The van der Waals surface area contributed by atoms with E-state index in [2.05, 4.69) is 30.0 Å². The van der Waals surface area contributed by atoms with Gasteiger partial charge < -0.3 is 9.47 Å². The summed E-state index contributed by atoms with van der Waals surface area (Å²) >= 11 is 0. The van der Waals surface area contributed by atoms with Crippen molar-refractivity contribution in [1.29, 1.82) is 0 Å². The van der Waals surface area contributed by atoms with Crippen molar-refractivity contribution in [1.82, 2.24) is 0 Å². The van der Waals surface area contributed by atoms with Crippen molar-refractivity contribution in [2.24, 2.45) is 23.7 Å². The molecule has 28 heavy (non-hydrogen) atoms. The predicted molar refractivity (Wildman–Crippen MR) is 116 cm³/mol. The van der Waals surface area contributed by atoms with Crippen molar-refractivity contribution < 1.29 is 14.3 Å². The molecule has 0 amide bonds. The van der Waals surface area contributed by atoms with E-state index in [0.29, 0.717) is 23.7 Å². The van der Waals surface area contributed by atoms with Gasteiger partial charge in [-0.2, -0.15) is 0 Å². The Kier molecular flexibility index (Phi) is 5.21. The average Bonchev–Trinajstić information content (AvgIpc) is 3.18.